The molecule has 0 aromatic heterocycles. The number of para-hydroxylation sites is 1. The Morgan fingerprint density at radius 1 is 1.00 bits per heavy atom. The number of aliphatic imine (C=N–C) groups is 1. The first-order chi connectivity index (χ1) is 8.64. The van der Waals surface area contributed by atoms with Crippen LogP contribution < -0.4 is 5.73 Å². The molecule has 3 N–H and O–H groups in total. The van der Waals surface area contributed by atoms with Crippen molar-refractivity contribution in [1.82, 2.24) is 0 Å². The van der Waals surface area contributed by atoms with Crippen molar-refractivity contribution in [1.29, 1.82) is 0 Å². The molecule has 0 spiro atoms. The lowest BCUT2D eigenvalue weighted by Crippen LogP contribution is -2.40. The fraction of sp³-hybridized carbons (Fsp3) is 0.133. The Hall–Kier alpha value is -2.13. The SMILES string of the molecule is Cc1ccccc1C1(O)C(N)=Nc2ccccc21. The third-order valence-electron chi connectivity index (χ3n) is 3.44. The van der Waals surface area contributed by atoms with Crippen molar-refractivity contribution in [3.05, 3.63) is 65.2 Å². The summed E-state index contributed by atoms with van der Waals surface area (Å²) in [6, 6.07) is 15.2. The Kier molecular flexibility index (Phi) is 2.25. The van der Waals surface area contributed by atoms with Gasteiger partial charge < -0.3 is 10.8 Å². The maximum Gasteiger partial charge on any atom is 0.174 e. The van der Waals surface area contributed by atoms with Crippen LogP contribution in [0.25, 0.3) is 0 Å². The lowest BCUT2D eigenvalue weighted by molar-refractivity contribution is 0.158. The van der Waals surface area contributed by atoms with E-state index in [9.17, 15) is 5.11 Å². The van der Waals surface area contributed by atoms with Gasteiger partial charge in [-0.25, -0.2) is 4.99 Å². The normalized spacial score (nSPS) is 21.6. The summed E-state index contributed by atoms with van der Waals surface area (Å²) in [7, 11) is 0. The van der Waals surface area contributed by atoms with Crippen molar-refractivity contribution in [3.8, 4) is 0 Å². The van der Waals surface area contributed by atoms with E-state index in [0.29, 0.717) is 0 Å². The van der Waals surface area contributed by atoms with Crippen molar-refractivity contribution in [3.63, 3.8) is 0 Å². The average molecular weight is 238 g/mol. The molecule has 2 aromatic rings. The average Bonchev–Trinajstić information content (AvgIpc) is 2.63. The maximum absolute atomic E-state index is 11.0. The highest BCUT2D eigenvalue weighted by molar-refractivity contribution is 6.00. The van der Waals surface area contributed by atoms with Crippen molar-refractivity contribution in [2.45, 2.75) is 12.5 Å². The maximum atomic E-state index is 11.0. The number of aliphatic hydroxyl groups is 1. The van der Waals surface area contributed by atoms with Crippen LogP contribution in [0.2, 0.25) is 0 Å². The van der Waals surface area contributed by atoms with Gasteiger partial charge in [0.15, 0.2) is 5.60 Å². The summed E-state index contributed by atoms with van der Waals surface area (Å²) in [6.45, 7) is 1.96. The topological polar surface area (TPSA) is 58.6 Å². The zero-order valence-corrected chi connectivity index (χ0v) is 10.1. The lowest BCUT2D eigenvalue weighted by atomic mass is 9.84. The Labute approximate surface area is 106 Å². The van der Waals surface area contributed by atoms with Gasteiger partial charge in [-0.2, -0.15) is 0 Å². The van der Waals surface area contributed by atoms with Crippen molar-refractivity contribution in [2.75, 3.05) is 0 Å². The van der Waals surface area contributed by atoms with Gasteiger partial charge in [0.25, 0.3) is 0 Å². The van der Waals surface area contributed by atoms with Gasteiger partial charge in [0.1, 0.15) is 5.84 Å². The largest absolute Gasteiger partial charge is 0.384 e. The Morgan fingerprint density at radius 3 is 2.33 bits per heavy atom. The fourth-order valence-electron chi connectivity index (χ4n) is 2.49. The predicted octanol–water partition coefficient (Wildman–Crippen LogP) is 2.23. The molecule has 3 heteroatoms. The summed E-state index contributed by atoms with van der Waals surface area (Å²) < 4.78 is 0. The van der Waals surface area contributed by atoms with E-state index in [-0.39, 0.29) is 5.84 Å². The molecule has 0 bridgehead atoms. The second kappa shape index (κ2) is 3.68. The molecule has 0 saturated heterocycles. The van der Waals surface area contributed by atoms with Crippen LogP contribution in [-0.2, 0) is 5.60 Å². The highest BCUT2D eigenvalue weighted by Gasteiger charge is 2.42. The van der Waals surface area contributed by atoms with Gasteiger partial charge in [-0.05, 0) is 24.1 Å². The first-order valence-corrected chi connectivity index (χ1v) is 5.86. The lowest BCUT2D eigenvalue weighted by Gasteiger charge is -2.26. The van der Waals surface area contributed by atoms with Crippen molar-refractivity contribution >= 4 is 11.5 Å². The number of benzene rings is 2. The van der Waals surface area contributed by atoms with E-state index in [4.69, 9.17) is 5.73 Å². The van der Waals surface area contributed by atoms with Crippen LogP contribution >= 0.6 is 0 Å². The van der Waals surface area contributed by atoms with E-state index in [0.717, 1.165) is 22.4 Å². The van der Waals surface area contributed by atoms with Crippen LogP contribution in [0.5, 0.6) is 0 Å². The zero-order chi connectivity index (χ0) is 12.8. The van der Waals surface area contributed by atoms with Crippen molar-refractivity contribution in [2.24, 2.45) is 10.7 Å². The molecule has 2 aromatic carbocycles. The van der Waals surface area contributed by atoms with Crippen LogP contribution in [0.1, 0.15) is 16.7 Å². The molecule has 0 aliphatic carbocycles. The molecular formula is C15H14N2O. The molecule has 0 fully saturated rings. The molecule has 3 nitrogen and oxygen atoms in total. The number of nitrogens with two attached hydrogens (primary N) is 1. The molecule has 90 valence electrons. The first-order valence-electron chi connectivity index (χ1n) is 5.86. The molecule has 0 radical (unpaired) electrons. The van der Waals surface area contributed by atoms with Gasteiger partial charge >= 0.3 is 0 Å². The Bertz CT molecular complexity index is 648. The number of nitrogens with zero attached hydrogens (tertiary/aromatic N) is 1. The third-order valence-corrected chi connectivity index (χ3v) is 3.44. The van der Waals surface area contributed by atoms with Gasteiger partial charge in [0, 0.05) is 5.56 Å². The van der Waals surface area contributed by atoms with Crippen LogP contribution in [0, 0.1) is 6.92 Å². The van der Waals surface area contributed by atoms with Crippen LogP contribution in [0.3, 0.4) is 0 Å². The molecule has 1 unspecified atom stereocenters. The van der Waals surface area contributed by atoms with E-state index in [1.165, 1.54) is 0 Å². The van der Waals surface area contributed by atoms with E-state index in [1.54, 1.807) is 0 Å². The van der Waals surface area contributed by atoms with Gasteiger partial charge in [0.2, 0.25) is 0 Å². The number of aryl methyl sites for hydroxylation is 1. The Balaban J connectivity index is 2.29. The molecular weight excluding hydrogens is 224 g/mol. The molecule has 18 heavy (non-hydrogen) atoms. The second-order valence-electron chi connectivity index (χ2n) is 4.54. The van der Waals surface area contributed by atoms with Gasteiger partial charge in [-0.1, -0.05) is 42.5 Å². The van der Waals surface area contributed by atoms with E-state index < -0.39 is 5.60 Å². The second-order valence-corrected chi connectivity index (χ2v) is 4.54. The monoisotopic (exact) mass is 238 g/mol. The summed E-state index contributed by atoms with van der Waals surface area (Å²) in [4.78, 5) is 4.27. The minimum atomic E-state index is -1.30. The highest BCUT2D eigenvalue weighted by Crippen LogP contribution is 2.42. The summed E-state index contributed by atoms with van der Waals surface area (Å²) in [5, 5.41) is 11.0. The molecule has 1 aliphatic rings. The molecule has 3 rings (SSSR count). The number of rotatable bonds is 1. The fourth-order valence-corrected chi connectivity index (χ4v) is 2.49. The zero-order valence-electron chi connectivity index (χ0n) is 10.1. The van der Waals surface area contributed by atoms with Gasteiger partial charge in [-0.3, -0.25) is 0 Å². The number of hydrogen-bond donors (Lipinski definition) is 2. The van der Waals surface area contributed by atoms with E-state index in [1.807, 2.05) is 55.5 Å². The highest BCUT2D eigenvalue weighted by atomic mass is 16.3. The first kappa shape index (κ1) is 11.0. The van der Waals surface area contributed by atoms with Crippen LogP contribution in [-0.4, -0.2) is 10.9 Å². The predicted molar refractivity (Wildman–Crippen MR) is 71.9 cm³/mol. The number of amidine groups is 1. The smallest absolute Gasteiger partial charge is 0.174 e. The van der Waals surface area contributed by atoms with Crippen LogP contribution in [0.15, 0.2) is 53.5 Å². The summed E-state index contributed by atoms with van der Waals surface area (Å²) in [6.07, 6.45) is 0. The molecule has 0 saturated carbocycles. The van der Waals surface area contributed by atoms with Gasteiger partial charge in [0.05, 0.1) is 5.69 Å². The molecule has 1 aliphatic heterocycles. The van der Waals surface area contributed by atoms with Crippen LogP contribution in [0.4, 0.5) is 5.69 Å². The third kappa shape index (κ3) is 1.31. The number of hydrogen-bond acceptors (Lipinski definition) is 3. The minimum absolute atomic E-state index is 0.234. The van der Waals surface area contributed by atoms with Gasteiger partial charge in [-0.15, -0.1) is 0 Å². The quantitative estimate of drug-likeness (QED) is 0.800. The summed E-state index contributed by atoms with van der Waals surface area (Å²) in [5.41, 5.74) is 7.93. The van der Waals surface area contributed by atoms with Crippen molar-refractivity contribution < 1.29 is 5.11 Å². The Morgan fingerprint density at radius 2 is 1.61 bits per heavy atom. The molecule has 0 amide bonds. The summed E-state index contributed by atoms with van der Waals surface area (Å²) >= 11 is 0. The standard InChI is InChI=1S/C15H14N2O/c1-10-6-2-3-7-11(10)15(18)12-8-4-5-9-13(12)17-14(15)16/h2-9,18H,1H3,(H2,16,17). The molecule has 1 heterocycles. The van der Waals surface area contributed by atoms with E-state index in [2.05, 4.69) is 4.99 Å². The van der Waals surface area contributed by atoms with E-state index >= 15 is 0 Å². The minimum Gasteiger partial charge on any atom is -0.384 e. The summed E-state index contributed by atoms with van der Waals surface area (Å²) in [5.74, 6) is 0.234. The number of fused-ring (bicyclic) bond motifs is 1. The molecule has 1 atom stereocenters.